The zero-order chi connectivity index (χ0) is 13.9. The molecule has 0 aliphatic carbocycles. The SMILES string of the molecule is COc1cccc(OS(=O)(=O)c2ccccc2Cl)c1. The quantitative estimate of drug-likeness (QED) is 0.814. The molecule has 100 valence electrons. The summed E-state index contributed by atoms with van der Waals surface area (Å²) in [4.78, 5) is -0.0699. The van der Waals surface area contributed by atoms with E-state index in [9.17, 15) is 8.42 Å². The van der Waals surface area contributed by atoms with Crippen LogP contribution in [0, 0.1) is 0 Å². The van der Waals surface area contributed by atoms with E-state index in [0.717, 1.165) is 0 Å². The molecule has 0 heterocycles. The van der Waals surface area contributed by atoms with Crippen LogP contribution < -0.4 is 8.92 Å². The lowest BCUT2D eigenvalue weighted by Crippen LogP contribution is -2.10. The predicted octanol–water partition coefficient (Wildman–Crippen LogP) is 3.12. The first kappa shape index (κ1) is 13.7. The normalized spacial score (nSPS) is 11.1. The van der Waals surface area contributed by atoms with Crippen molar-refractivity contribution in [2.45, 2.75) is 4.90 Å². The summed E-state index contributed by atoms with van der Waals surface area (Å²) >= 11 is 5.85. The summed E-state index contributed by atoms with van der Waals surface area (Å²) in [5.74, 6) is 0.672. The number of benzene rings is 2. The van der Waals surface area contributed by atoms with Crippen LogP contribution in [-0.2, 0) is 10.1 Å². The Labute approximate surface area is 116 Å². The van der Waals surface area contributed by atoms with E-state index in [-0.39, 0.29) is 15.7 Å². The summed E-state index contributed by atoms with van der Waals surface area (Å²) in [6.45, 7) is 0. The average Bonchev–Trinajstić information content (AvgIpc) is 2.38. The minimum absolute atomic E-state index is 0.0699. The Morgan fingerprint density at radius 1 is 1.00 bits per heavy atom. The Hall–Kier alpha value is -1.72. The van der Waals surface area contributed by atoms with Gasteiger partial charge >= 0.3 is 10.1 Å². The van der Waals surface area contributed by atoms with Crippen LogP contribution in [0.25, 0.3) is 0 Å². The third-order valence-corrected chi connectivity index (χ3v) is 4.10. The summed E-state index contributed by atoms with van der Waals surface area (Å²) in [7, 11) is -2.47. The molecule has 0 radical (unpaired) electrons. The first-order chi connectivity index (χ1) is 9.03. The Bertz CT molecular complexity index is 683. The minimum atomic E-state index is -3.96. The molecular weight excluding hydrogens is 288 g/mol. The van der Waals surface area contributed by atoms with Crippen molar-refractivity contribution in [3.8, 4) is 11.5 Å². The van der Waals surface area contributed by atoms with Crippen LogP contribution in [-0.4, -0.2) is 15.5 Å². The molecule has 0 bridgehead atoms. The van der Waals surface area contributed by atoms with Gasteiger partial charge in [-0.3, -0.25) is 0 Å². The van der Waals surface area contributed by atoms with Crippen LogP contribution in [0.1, 0.15) is 0 Å². The van der Waals surface area contributed by atoms with Gasteiger partial charge in [0.15, 0.2) is 0 Å². The Morgan fingerprint density at radius 3 is 2.37 bits per heavy atom. The predicted molar refractivity (Wildman–Crippen MR) is 72.3 cm³/mol. The van der Waals surface area contributed by atoms with Crippen molar-refractivity contribution in [2.75, 3.05) is 7.11 Å². The van der Waals surface area contributed by atoms with E-state index in [1.54, 1.807) is 24.3 Å². The zero-order valence-corrected chi connectivity index (χ0v) is 11.6. The van der Waals surface area contributed by atoms with Gasteiger partial charge in [0.2, 0.25) is 0 Å². The largest absolute Gasteiger partial charge is 0.497 e. The highest BCUT2D eigenvalue weighted by atomic mass is 35.5. The third-order valence-electron chi connectivity index (χ3n) is 2.35. The molecular formula is C13H11ClO4S. The van der Waals surface area contributed by atoms with E-state index < -0.39 is 10.1 Å². The fourth-order valence-corrected chi connectivity index (χ4v) is 2.89. The Balaban J connectivity index is 2.34. The van der Waals surface area contributed by atoms with Crippen molar-refractivity contribution >= 4 is 21.7 Å². The van der Waals surface area contributed by atoms with Crippen molar-refractivity contribution in [1.29, 1.82) is 0 Å². The smallest absolute Gasteiger partial charge is 0.340 e. The minimum Gasteiger partial charge on any atom is -0.497 e. The maximum absolute atomic E-state index is 12.1. The Morgan fingerprint density at radius 2 is 1.68 bits per heavy atom. The molecule has 0 aliphatic heterocycles. The second kappa shape index (κ2) is 5.50. The molecule has 19 heavy (non-hydrogen) atoms. The van der Waals surface area contributed by atoms with Crippen LogP contribution in [0.4, 0.5) is 0 Å². The molecule has 0 spiro atoms. The first-order valence-electron chi connectivity index (χ1n) is 5.36. The number of hydrogen-bond donors (Lipinski definition) is 0. The highest BCUT2D eigenvalue weighted by molar-refractivity contribution is 7.87. The topological polar surface area (TPSA) is 52.6 Å². The lowest BCUT2D eigenvalue weighted by atomic mass is 10.3. The summed E-state index contributed by atoms with van der Waals surface area (Å²) in [5.41, 5.74) is 0. The van der Waals surface area contributed by atoms with E-state index in [4.69, 9.17) is 20.5 Å². The summed E-state index contributed by atoms with van der Waals surface area (Å²) in [6, 6.07) is 12.4. The molecule has 2 aromatic carbocycles. The molecule has 0 N–H and O–H groups in total. The summed E-state index contributed by atoms with van der Waals surface area (Å²) in [5, 5.41) is 0.116. The molecule has 0 saturated heterocycles. The fraction of sp³-hybridized carbons (Fsp3) is 0.0769. The number of halogens is 1. The molecule has 6 heteroatoms. The third kappa shape index (κ3) is 3.19. The highest BCUT2D eigenvalue weighted by Crippen LogP contribution is 2.26. The first-order valence-corrected chi connectivity index (χ1v) is 7.14. The highest BCUT2D eigenvalue weighted by Gasteiger charge is 2.19. The summed E-state index contributed by atoms with van der Waals surface area (Å²) in [6.07, 6.45) is 0. The van der Waals surface area contributed by atoms with Crippen LogP contribution >= 0.6 is 11.6 Å². The van der Waals surface area contributed by atoms with Gasteiger partial charge in [0.25, 0.3) is 0 Å². The monoisotopic (exact) mass is 298 g/mol. The number of ether oxygens (including phenoxy) is 1. The maximum atomic E-state index is 12.1. The molecule has 0 atom stereocenters. The van der Waals surface area contributed by atoms with Crippen molar-refractivity contribution < 1.29 is 17.3 Å². The van der Waals surface area contributed by atoms with Gasteiger partial charge in [-0.2, -0.15) is 8.42 Å². The van der Waals surface area contributed by atoms with E-state index >= 15 is 0 Å². The zero-order valence-electron chi connectivity index (χ0n) is 10.0. The lowest BCUT2D eigenvalue weighted by molar-refractivity contribution is 0.411. The standard InChI is InChI=1S/C13H11ClO4S/c1-17-10-5-4-6-11(9-10)18-19(15,16)13-8-3-2-7-12(13)14/h2-9H,1H3. The van der Waals surface area contributed by atoms with Gasteiger partial charge in [-0.1, -0.05) is 29.8 Å². The van der Waals surface area contributed by atoms with Gasteiger partial charge < -0.3 is 8.92 Å². The van der Waals surface area contributed by atoms with Crippen LogP contribution in [0.3, 0.4) is 0 Å². The maximum Gasteiger partial charge on any atom is 0.340 e. The van der Waals surface area contributed by atoms with E-state index in [1.807, 2.05) is 0 Å². The molecule has 0 unspecified atom stereocenters. The van der Waals surface area contributed by atoms with Crippen molar-refractivity contribution in [3.63, 3.8) is 0 Å². The van der Waals surface area contributed by atoms with Gasteiger partial charge in [-0.05, 0) is 24.3 Å². The second-order valence-electron chi connectivity index (χ2n) is 3.65. The van der Waals surface area contributed by atoms with Gasteiger partial charge in [0.05, 0.1) is 12.1 Å². The van der Waals surface area contributed by atoms with Gasteiger partial charge in [-0.15, -0.1) is 0 Å². The van der Waals surface area contributed by atoms with E-state index in [2.05, 4.69) is 0 Å². The lowest BCUT2D eigenvalue weighted by Gasteiger charge is -2.09. The van der Waals surface area contributed by atoms with Crippen molar-refractivity contribution in [1.82, 2.24) is 0 Å². The number of methoxy groups -OCH3 is 1. The molecule has 0 saturated carbocycles. The van der Waals surface area contributed by atoms with E-state index in [1.165, 1.54) is 31.4 Å². The van der Waals surface area contributed by atoms with Crippen LogP contribution in [0.15, 0.2) is 53.4 Å². The van der Waals surface area contributed by atoms with Crippen LogP contribution in [0.5, 0.6) is 11.5 Å². The van der Waals surface area contributed by atoms with Gasteiger partial charge in [-0.25, -0.2) is 0 Å². The molecule has 4 nitrogen and oxygen atoms in total. The van der Waals surface area contributed by atoms with E-state index in [0.29, 0.717) is 5.75 Å². The number of rotatable bonds is 4. The number of hydrogen-bond acceptors (Lipinski definition) is 4. The van der Waals surface area contributed by atoms with Gasteiger partial charge in [0, 0.05) is 6.07 Å². The van der Waals surface area contributed by atoms with Crippen LogP contribution in [0.2, 0.25) is 5.02 Å². The molecule has 0 amide bonds. The molecule has 0 aromatic heterocycles. The molecule has 0 aliphatic rings. The summed E-state index contributed by atoms with van der Waals surface area (Å²) < 4.78 is 34.2. The van der Waals surface area contributed by atoms with Gasteiger partial charge in [0.1, 0.15) is 16.4 Å². The fourth-order valence-electron chi connectivity index (χ4n) is 1.47. The van der Waals surface area contributed by atoms with Crippen molar-refractivity contribution in [3.05, 3.63) is 53.6 Å². The molecule has 2 rings (SSSR count). The van der Waals surface area contributed by atoms with Crippen molar-refractivity contribution in [2.24, 2.45) is 0 Å². The Kier molecular flexibility index (Phi) is 3.97. The second-order valence-corrected chi connectivity index (χ2v) is 5.57. The molecule has 2 aromatic rings. The molecule has 0 fully saturated rings. The average molecular weight is 299 g/mol.